The molecule has 1 aromatic heterocycles. The van der Waals surface area contributed by atoms with Crippen LogP contribution >= 0.6 is 0 Å². The van der Waals surface area contributed by atoms with E-state index in [0.717, 1.165) is 0 Å². The van der Waals surface area contributed by atoms with Crippen molar-refractivity contribution in [1.29, 1.82) is 0 Å². The van der Waals surface area contributed by atoms with Crippen LogP contribution in [0.5, 0.6) is 0 Å². The molecule has 1 unspecified atom stereocenters. The number of oxazole rings is 1. The van der Waals surface area contributed by atoms with Crippen molar-refractivity contribution in [3.05, 3.63) is 29.6 Å². The van der Waals surface area contributed by atoms with E-state index in [1.165, 1.54) is 0 Å². The Bertz CT molecular complexity index is 426. The van der Waals surface area contributed by atoms with Gasteiger partial charge in [0.2, 0.25) is 5.89 Å². The van der Waals surface area contributed by atoms with Gasteiger partial charge in [-0.1, -0.05) is 13.8 Å². The maximum Gasteiger partial charge on any atom is 0.283 e. The highest BCUT2D eigenvalue weighted by molar-refractivity contribution is 5.71. The predicted molar refractivity (Wildman–Crippen MR) is 59.1 cm³/mol. The molecule has 2 rings (SSSR count). The largest absolute Gasteiger partial charge is 0.441 e. The van der Waals surface area contributed by atoms with Crippen LogP contribution in [0.25, 0.3) is 0 Å². The van der Waals surface area contributed by atoms with Gasteiger partial charge in [0.1, 0.15) is 11.5 Å². The summed E-state index contributed by atoms with van der Waals surface area (Å²) in [6.45, 7) is 3.57. The zero-order valence-electron chi connectivity index (χ0n) is 9.52. The molecule has 0 spiro atoms. The third-order valence-corrected chi connectivity index (χ3v) is 2.33. The molecule has 1 aromatic rings. The first-order valence-corrected chi connectivity index (χ1v) is 5.32. The Morgan fingerprint density at radius 2 is 2.18 bits per heavy atom. The van der Waals surface area contributed by atoms with Gasteiger partial charge in [-0.15, -0.1) is 0 Å². The molecule has 0 aromatic carbocycles. The quantitative estimate of drug-likeness (QED) is 0.885. The number of allylic oxidation sites excluding steroid dienone is 1. The Labute approximate surface area is 97.4 Å². The molecular weight excluding hydrogens is 228 g/mol. The van der Waals surface area contributed by atoms with Gasteiger partial charge in [-0.05, 0) is 6.08 Å². The summed E-state index contributed by atoms with van der Waals surface area (Å²) in [5.74, 6) is 0.259. The minimum atomic E-state index is -2.63. The van der Waals surface area contributed by atoms with Crippen LogP contribution in [0.1, 0.15) is 49.7 Å². The van der Waals surface area contributed by atoms with Gasteiger partial charge >= 0.3 is 0 Å². The number of hydrogen-bond donors (Lipinski definition) is 1. The van der Waals surface area contributed by atoms with Crippen molar-refractivity contribution >= 4 is 6.21 Å². The van der Waals surface area contributed by atoms with Crippen LogP contribution in [0.2, 0.25) is 0 Å². The van der Waals surface area contributed by atoms with E-state index >= 15 is 0 Å². The molecule has 1 aliphatic heterocycles. The fraction of sp³-hybridized carbons (Fsp3) is 0.455. The van der Waals surface area contributed by atoms with Crippen molar-refractivity contribution in [3.63, 3.8) is 0 Å². The molecule has 1 aliphatic rings. The van der Waals surface area contributed by atoms with Crippen molar-refractivity contribution < 1.29 is 13.2 Å². The summed E-state index contributed by atoms with van der Waals surface area (Å²) in [6.07, 6.45) is 1.79. The first kappa shape index (κ1) is 11.8. The number of aliphatic imine (C=N–C) groups is 1. The van der Waals surface area contributed by atoms with Gasteiger partial charge in [0.25, 0.3) is 6.43 Å². The fourth-order valence-electron chi connectivity index (χ4n) is 1.55. The molecular formula is C11H13F2N3O. The molecule has 0 radical (unpaired) electrons. The van der Waals surface area contributed by atoms with E-state index in [4.69, 9.17) is 4.42 Å². The second kappa shape index (κ2) is 4.65. The number of nitrogens with zero attached hydrogens (tertiary/aromatic N) is 2. The Hall–Kier alpha value is -1.72. The lowest BCUT2D eigenvalue weighted by atomic mass is 10.1. The molecule has 4 nitrogen and oxygen atoms in total. The lowest BCUT2D eigenvalue weighted by Crippen LogP contribution is -2.16. The molecule has 0 saturated heterocycles. The Morgan fingerprint density at radius 1 is 1.41 bits per heavy atom. The van der Waals surface area contributed by atoms with Gasteiger partial charge in [-0.3, -0.25) is 4.99 Å². The summed E-state index contributed by atoms with van der Waals surface area (Å²) in [7, 11) is 0. The molecule has 6 heteroatoms. The Balaban J connectivity index is 2.33. The van der Waals surface area contributed by atoms with Crippen LogP contribution in [-0.2, 0) is 0 Å². The number of hydrogen-bond acceptors (Lipinski definition) is 4. The van der Waals surface area contributed by atoms with E-state index in [-0.39, 0.29) is 23.3 Å². The SMILES string of the molecule is CC(C)c1oc(C2N=CC=CN2)nc1C(F)F. The fourth-order valence-corrected chi connectivity index (χ4v) is 1.55. The number of halogens is 2. The van der Waals surface area contributed by atoms with E-state index in [2.05, 4.69) is 15.3 Å². The van der Waals surface area contributed by atoms with Gasteiger partial charge in [-0.2, -0.15) is 0 Å². The second-order valence-electron chi connectivity index (χ2n) is 3.98. The predicted octanol–water partition coefficient (Wildman–Crippen LogP) is 2.92. The zero-order chi connectivity index (χ0) is 12.4. The Morgan fingerprint density at radius 3 is 2.65 bits per heavy atom. The standard InChI is InChI=1S/C11H13F2N3O/c1-6(2)8-7(9(12)13)16-11(17-8)10-14-4-3-5-15-10/h3-6,9-10,14H,1-2H3. The highest BCUT2D eigenvalue weighted by atomic mass is 19.3. The van der Waals surface area contributed by atoms with E-state index in [9.17, 15) is 8.78 Å². The lowest BCUT2D eigenvalue weighted by molar-refractivity contribution is 0.143. The van der Waals surface area contributed by atoms with Gasteiger partial charge in [-0.25, -0.2) is 13.8 Å². The van der Waals surface area contributed by atoms with Gasteiger partial charge in [0.15, 0.2) is 6.17 Å². The third kappa shape index (κ3) is 2.35. The van der Waals surface area contributed by atoms with E-state index < -0.39 is 12.6 Å². The number of alkyl halides is 2. The van der Waals surface area contributed by atoms with E-state index in [0.29, 0.717) is 0 Å². The molecule has 0 saturated carbocycles. The first-order valence-electron chi connectivity index (χ1n) is 5.32. The zero-order valence-corrected chi connectivity index (χ0v) is 9.52. The van der Waals surface area contributed by atoms with Crippen molar-refractivity contribution in [2.75, 3.05) is 0 Å². The summed E-state index contributed by atoms with van der Waals surface area (Å²) in [4.78, 5) is 7.88. The summed E-state index contributed by atoms with van der Waals surface area (Å²) in [6, 6.07) is 0. The smallest absolute Gasteiger partial charge is 0.283 e. The van der Waals surface area contributed by atoms with Gasteiger partial charge in [0.05, 0.1) is 0 Å². The van der Waals surface area contributed by atoms with Crippen LogP contribution in [0.3, 0.4) is 0 Å². The van der Waals surface area contributed by atoms with Gasteiger partial charge in [0, 0.05) is 18.3 Å². The molecule has 92 valence electrons. The average Bonchev–Trinajstić information content (AvgIpc) is 2.75. The molecule has 0 bridgehead atoms. The lowest BCUT2D eigenvalue weighted by Gasteiger charge is -2.10. The highest BCUT2D eigenvalue weighted by Gasteiger charge is 2.26. The molecule has 2 heterocycles. The number of nitrogens with one attached hydrogen (secondary N) is 1. The number of aromatic nitrogens is 1. The minimum Gasteiger partial charge on any atom is -0.441 e. The minimum absolute atomic E-state index is 0.136. The number of rotatable bonds is 3. The molecule has 0 amide bonds. The van der Waals surface area contributed by atoms with Crippen LogP contribution in [0, 0.1) is 0 Å². The van der Waals surface area contributed by atoms with E-state index in [1.54, 1.807) is 32.3 Å². The summed E-state index contributed by atoms with van der Waals surface area (Å²) in [5.41, 5.74) is -0.290. The normalized spacial score (nSPS) is 19.1. The highest BCUT2D eigenvalue weighted by Crippen LogP contribution is 2.31. The first-order chi connectivity index (χ1) is 8.09. The molecule has 0 aliphatic carbocycles. The van der Waals surface area contributed by atoms with Crippen molar-refractivity contribution in [1.82, 2.24) is 10.3 Å². The monoisotopic (exact) mass is 241 g/mol. The van der Waals surface area contributed by atoms with Crippen LogP contribution in [0.4, 0.5) is 8.78 Å². The third-order valence-electron chi connectivity index (χ3n) is 2.33. The van der Waals surface area contributed by atoms with Crippen LogP contribution < -0.4 is 5.32 Å². The molecule has 17 heavy (non-hydrogen) atoms. The molecule has 0 fully saturated rings. The second-order valence-corrected chi connectivity index (χ2v) is 3.98. The average molecular weight is 241 g/mol. The Kier molecular flexibility index (Phi) is 3.21. The summed E-state index contributed by atoms with van der Waals surface area (Å²) >= 11 is 0. The van der Waals surface area contributed by atoms with Crippen LogP contribution in [-0.4, -0.2) is 11.2 Å². The van der Waals surface area contributed by atoms with E-state index in [1.807, 2.05) is 0 Å². The maximum absolute atomic E-state index is 12.8. The van der Waals surface area contributed by atoms with Crippen molar-refractivity contribution in [2.24, 2.45) is 4.99 Å². The maximum atomic E-state index is 12.8. The summed E-state index contributed by atoms with van der Waals surface area (Å²) < 4.78 is 30.9. The van der Waals surface area contributed by atoms with Gasteiger partial charge < -0.3 is 9.73 Å². The molecule has 1 N–H and O–H groups in total. The topological polar surface area (TPSA) is 50.4 Å². The molecule has 1 atom stereocenters. The van der Waals surface area contributed by atoms with Crippen molar-refractivity contribution in [3.8, 4) is 0 Å². The van der Waals surface area contributed by atoms with Crippen LogP contribution in [0.15, 0.2) is 21.7 Å². The summed E-state index contributed by atoms with van der Waals surface area (Å²) in [5, 5.41) is 2.87. The van der Waals surface area contributed by atoms with Crippen molar-refractivity contribution in [2.45, 2.75) is 32.4 Å².